The summed E-state index contributed by atoms with van der Waals surface area (Å²) in [7, 11) is 1.59. The number of carbonyl (C=O) groups is 1. The lowest BCUT2D eigenvalue weighted by Gasteiger charge is -2.26. The topological polar surface area (TPSA) is 58.6 Å². The number of aromatic carboxylic acids is 1. The normalized spacial score (nSPS) is 22.3. The average molecular weight is 277 g/mol. The molecule has 1 aliphatic rings. The molecule has 2 rings (SSSR count). The van der Waals surface area contributed by atoms with Gasteiger partial charge in [0.25, 0.3) is 0 Å². The lowest BCUT2D eigenvalue weighted by molar-refractivity contribution is 0.0698. The monoisotopic (exact) mass is 277 g/mol. The minimum Gasteiger partial charge on any atom is -0.497 e. The quantitative estimate of drug-likeness (QED) is 0.862. The highest BCUT2D eigenvalue weighted by molar-refractivity contribution is 5.94. The van der Waals surface area contributed by atoms with Crippen molar-refractivity contribution in [2.75, 3.05) is 19.0 Å². The van der Waals surface area contributed by atoms with Crippen LogP contribution in [0, 0.1) is 11.8 Å². The lowest BCUT2D eigenvalue weighted by Crippen LogP contribution is -2.21. The molecule has 1 saturated carbocycles. The van der Waals surface area contributed by atoms with Crippen LogP contribution in [0.5, 0.6) is 5.75 Å². The maximum absolute atomic E-state index is 11.2. The van der Waals surface area contributed by atoms with Crippen LogP contribution in [-0.4, -0.2) is 24.7 Å². The van der Waals surface area contributed by atoms with Crippen LogP contribution >= 0.6 is 0 Å². The summed E-state index contributed by atoms with van der Waals surface area (Å²) >= 11 is 0. The Morgan fingerprint density at radius 3 is 2.65 bits per heavy atom. The van der Waals surface area contributed by atoms with Gasteiger partial charge in [0.15, 0.2) is 0 Å². The molecular formula is C16H23NO3. The first-order valence-corrected chi connectivity index (χ1v) is 7.25. The number of hydrogen-bond acceptors (Lipinski definition) is 3. The second kappa shape index (κ2) is 6.64. The third-order valence-corrected chi connectivity index (χ3v) is 4.17. The number of hydrogen-bond donors (Lipinski definition) is 2. The minimum atomic E-state index is -0.910. The third-order valence-electron chi connectivity index (χ3n) is 4.17. The van der Waals surface area contributed by atoms with Crippen molar-refractivity contribution >= 4 is 11.7 Å². The van der Waals surface area contributed by atoms with Crippen LogP contribution in [-0.2, 0) is 0 Å². The minimum absolute atomic E-state index is 0.301. The first-order chi connectivity index (χ1) is 9.60. The number of nitrogens with one attached hydrogen (secondary N) is 1. The molecule has 0 amide bonds. The molecule has 0 spiro atoms. The van der Waals surface area contributed by atoms with E-state index < -0.39 is 5.97 Å². The van der Waals surface area contributed by atoms with Crippen LogP contribution in [0.15, 0.2) is 18.2 Å². The van der Waals surface area contributed by atoms with Crippen molar-refractivity contribution in [1.82, 2.24) is 0 Å². The number of carboxylic acids is 1. The fourth-order valence-electron chi connectivity index (χ4n) is 2.77. The maximum Gasteiger partial charge on any atom is 0.337 e. The molecule has 0 saturated heterocycles. The van der Waals surface area contributed by atoms with Crippen molar-refractivity contribution in [1.29, 1.82) is 0 Å². The van der Waals surface area contributed by atoms with E-state index in [0.29, 0.717) is 22.9 Å². The Bertz CT molecular complexity index is 465. The van der Waals surface area contributed by atoms with Gasteiger partial charge in [-0.25, -0.2) is 4.79 Å². The number of anilines is 1. The summed E-state index contributed by atoms with van der Waals surface area (Å²) < 4.78 is 5.16. The van der Waals surface area contributed by atoms with Gasteiger partial charge in [-0.2, -0.15) is 0 Å². The standard InChI is InChI=1S/C16H23NO3/c1-11-3-5-12(6-4-11)10-17-15-9-13(20-2)7-8-14(15)16(18)19/h7-9,11-12,17H,3-6,10H2,1-2H3,(H,18,19). The summed E-state index contributed by atoms with van der Waals surface area (Å²) in [5.74, 6) is 1.24. The van der Waals surface area contributed by atoms with Gasteiger partial charge in [-0.3, -0.25) is 0 Å². The molecule has 4 nitrogen and oxygen atoms in total. The zero-order chi connectivity index (χ0) is 14.5. The highest BCUT2D eigenvalue weighted by Gasteiger charge is 2.19. The highest BCUT2D eigenvalue weighted by Crippen LogP contribution is 2.29. The average Bonchev–Trinajstić information content (AvgIpc) is 2.46. The fraction of sp³-hybridized carbons (Fsp3) is 0.562. The first kappa shape index (κ1) is 14.7. The van der Waals surface area contributed by atoms with Gasteiger partial charge in [-0.1, -0.05) is 19.8 Å². The molecule has 1 aromatic carbocycles. The van der Waals surface area contributed by atoms with E-state index >= 15 is 0 Å². The smallest absolute Gasteiger partial charge is 0.337 e. The van der Waals surface area contributed by atoms with Crippen LogP contribution in [0.25, 0.3) is 0 Å². The zero-order valence-corrected chi connectivity index (χ0v) is 12.2. The summed E-state index contributed by atoms with van der Waals surface area (Å²) in [4.78, 5) is 11.2. The van der Waals surface area contributed by atoms with E-state index in [1.807, 2.05) is 0 Å². The van der Waals surface area contributed by atoms with Crippen LogP contribution < -0.4 is 10.1 Å². The lowest BCUT2D eigenvalue weighted by atomic mass is 9.83. The molecule has 0 radical (unpaired) electrons. The van der Waals surface area contributed by atoms with Crippen molar-refractivity contribution in [3.63, 3.8) is 0 Å². The summed E-state index contributed by atoms with van der Waals surface area (Å²) in [6.45, 7) is 3.13. The van der Waals surface area contributed by atoms with Gasteiger partial charge in [0, 0.05) is 12.6 Å². The van der Waals surface area contributed by atoms with Gasteiger partial charge >= 0.3 is 5.97 Å². The summed E-state index contributed by atoms with van der Waals surface area (Å²) in [6.07, 6.45) is 4.99. The molecule has 4 heteroatoms. The van der Waals surface area contributed by atoms with E-state index in [1.54, 1.807) is 25.3 Å². The summed E-state index contributed by atoms with van der Waals surface area (Å²) in [5, 5.41) is 12.5. The van der Waals surface area contributed by atoms with E-state index in [-0.39, 0.29) is 0 Å². The van der Waals surface area contributed by atoms with Gasteiger partial charge in [-0.05, 0) is 36.8 Å². The van der Waals surface area contributed by atoms with Crippen molar-refractivity contribution in [3.8, 4) is 5.75 Å². The van der Waals surface area contributed by atoms with Gasteiger partial charge < -0.3 is 15.2 Å². The van der Waals surface area contributed by atoms with Crippen LogP contribution in [0.3, 0.4) is 0 Å². The number of carboxylic acid groups (broad SMARTS) is 1. The first-order valence-electron chi connectivity index (χ1n) is 7.25. The fourth-order valence-corrected chi connectivity index (χ4v) is 2.77. The molecule has 0 aromatic heterocycles. The SMILES string of the molecule is COc1ccc(C(=O)O)c(NCC2CCC(C)CC2)c1. The predicted octanol–water partition coefficient (Wildman–Crippen LogP) is 3.63. The van der Waals surface area contributed by atoms with Crippen LogP contribution in [0.1, 0.15) is 43.0 Å². The zero-order valence-electron chi connectivity index (χ0n) is 12.2. The summed E-state index contributed by atoms with van der Waals surface area (Å²) in [6, 6.07) is 5.03. The van der Waals surface area contributed by atoms with Gasteiger partial charge in [-0.15, -0.1) is 0 Å². The molecule has 0 unspecified atom stereocenters. The number of methoxy groups -OCH3 is 1. The molecule has 1 fully saturated rings. The predicted molar refractivity (Wildman–Crippen MR) is 79.6 cm³/mol. The Labute approximate surface area is 120 Å². The molecule has 0 heterocycles. The Morgan fingerprint density at radius 1 is 1.35 bits per heavy atom. The molecule has 0 atom stereocenters. The molecule has 0 bridgehead atoms. The largest absolute Gasteiger partial charge is 0.497 e. The van der Waals surface area contributed by atoms with E-state index in [1.165, 1.54) is 25.7 Å². The highest BCUT2D eigenvalue weighted by atomic mass is 16.5. The van der Waals surface area contributed by atoms with Gasteiger partial charge in [0.05, 0.1) is 18.4 Å². The molecule has 2 N–H and O–H groups in total. The van der Waals surface area contributed by atoms with Gasteiger partial charge in [0.2, 0.25) is 0 Å². The number of rotatable bonds is 5. The van der Waals surface area contributed by atoms with E-state index in [9.17, 15) is 9.90 Å². The number of benzene rings is 1. The van der Waals surface area contributed by atoms with Crippen molar-refractivity contribution in [2.24, 2.45) is 11.8 Å². The summed E-state index contributed by atoms with van der Waals surface area (Å²) in [5.41, 5.74) is 0.949. The van der Waals surface area contributed by atoms with E-state index in [4.69, 9.17) is 4.74 Å². The second-order valence-electron chi connectivity index (χ2n) is 5.72. The van der Waals surface area contributed by atoms with Crippen molar-refractivity contribution < 1.29 is 14.6 Å². The maximum atomic E-state index is 11.2. The molecular weight excluding hydrogens is 254 g/mol. The van der Waals surface area contributed by atoms with Crippen molar-refractivity contribution in [3.05, 3.63) is 23.8 Å². The molecule has 0 aliphatic heterocycles. The van der Waals surface area contributed by atoms with Gasteiger partial charge in [0.1, 0.15) is 5.75 Å². The van der Waals surface area contributed by atoms with Crippen LogP contribution in [0.4, 0.5) is 5.69 Å². The molecule has 1 aromatic rings. The van der Waals surface area contributed by atoms with Crippen LogP contribution in [0.2, 0.25) is 0 Å². The third kappa shape index (κ3) is 3.65. The Kier molecular flexibility index (Phi) is 4.88. The number of ether oxygens (including phenoxy) is 1. The molecule has 110 valence electrons. The van der Waals surface area contributed by atoms with E-state index in [2.05, 4.69) is 12.2 Å². The molecule has 20 heavy (non-hydrogen) atoms. The molecule has 1 aliphatic carbocycles. The van der Waals surface area contributed by atoms with Crippen molar-refractivity contribution in [2.45, 2.75) is 32.6 Å². The Balaban J connectivity index is 2.02. The van der Waals surface area contributed by atoms with E-state index in [0.717, 1.165) is 12.5 Å². The Morgan fingerprint density at radius 2 is 2.05 bits per heavy atom. The second-order valence-corrected chi connectivity index (χ2v) is 5.72. The Hall–Kier alpha value is -1.71.